The Morgan fingerprint density at radius 2 is 1.83 bits per heavy atom. The number of methoxy groups -OCH3 is 1. The Hall–Kier alpha value is -3.82. The van der Waals surface area contributed by atoms with Gasteiger partial charge in [-0.3, -0.25) is 9.59 Å². The average molecular weight is 398 g/mol. The number of aromatic nitrogens is 3. The van der Waals surface area contributed by atoms with E-state index < -0.39 is 30.0 Å². The van der Waals surface area contributed by atoms with Crippen LogP contribution in [0.5, 0.6) is 0 Å². The molecule has 0 unspecified atom stereocenters. The predicted molar refractivity (Wildman–Crippen MR) is 97.6 cm³/mol. The molecule has 3 rings (SSSR count). The van der Waals surface area contributed by atoms with Crippen molar-refractivity contribution in [3.63, 3.8) is 0 Å². The molecule has 1 aliphatic rings. The number of carbonyl (C=O) groups is 4. The van der Waals surface area contributed by atoms with Crippen molar-refractivity contribution in [2.24, 2.45) is 0 Å². The molecule has 1 aliphatic heterocycles. The molecule has 1 saturated heterocycles. The Kier molecular flexibility index (Phi) is 6.12. The van der Waals surface area contributed by atoms with E-state index in [1.165, 1.54) is 24.4 Å². The summed E-state index contributed by atoms with van der Waals surface area (Å²) in [5.41, 5.74) is 0.404. The van der Waals surface area contributed by atoms with Crippen LogP contribution >= 0.6 is 0 Å². The second-order valence-corrected chi connectivity index (χ2v) is 6.18. The van der Waals surface area contributed by atoms with Gasteiger partial charge in [0.25, 0.3) is 11.8 Å². The lowest BCUT2D eigenvalue weighted by atomic mass is 10.1. The summed E-state index contributed by atoms with van der Waals surface area (Å²) >= 11 is 0. The monoisotopic (exact) mass is 398 g/mol. The Morgan fingerprint density at radius 3 is 2.48 bits per heavy atom. The van der Waals surface area contributed by atoms with E-state index in [4.69, 9.17) is 4.74 Å². The van der Waals surface area contributed by atoms with Gasteiger partial charge in [0, 0.05) is 24.1 Å². The Balaban J connectivity index is 1.78. The van der Waals surface area contributed by atoms with Crippen LogP contribution in [0.3, 0.4) is 0 Å². The molecular formula is C19H18N4O6. The zero-order valence-corrected chi connectivity index (χ0v) is 15.5. The van der Waals surface area contributed by atoms with Crippen molar-refractivity contribution in [1.29, 1.82) is 0 Å². The van der Waals surface area contributed by atoms with Gasteiger partial charge in [0.2, 0.25) is 0 Å². The summed E-state index contributed by atoms with van der Waals surface area (Å²) in [6, 6.07) is 7.60. The van der Waals surface area contributed by atoms with Crippen LogP contribution in [-0.2, 0) is 19.1 Å². The third-order valence-electron chi connectivity index (χ3n) is 4.32. The predicted octanol–water partition coefficient (Wildman–Crippen LogP) is 0.474. The number of benzene rings is 1. The minimum absolute atomic E-state index is 0.0244. The lowest BCUT2D eigenvalue weighted by Crippen LogP contribution is -2.43. The molecule has 2 aromatic rings. The SMILES string of the molecule is COC(=O)/C=C/C(=O)O[C@@H]1C[C@@H](C(=O)n2ccnn2)N(C(=O)c2ccccc2)C1. The molecule has 29 heavy (non-hydrogen) atoms. The lowest BCUT2D eigenvalue weighted by molar-refractivity contribution is -0.143. The fourth-order valence-electron chi connectivity index (χ4n) is 2.97. The summed E-state index contributed by atoms with van der Waals surface area (Å²) in [5, 5.41) is 7.29. The number of ether oxygens (including phenoxy) is 2. The van der Waals surface area contributed by atoms with Gasteiger partial charge >= 0.3 is 11.9 Å². The van der Waals surface area contributed by atoms with Crippen LogP contribution in [0.15, 0.2) is 54.9 Å². The van der Waals surface area contributed by atoms with Gasteiger partial charge in [-0.05, 0) is 12.1 Å². The normalized spacial score (nSPS) is 18.6. The molecule has 2 heterocycles. The fourth-order valence-corrected chi connectivity index (χ4v) is 2.97. The molecule has 0 bridgehead atoms. The molecule has 1 aromatic heterocycles. The second kappa shape index (κ2) is 8.91. The van der Waals surface area contributed by atoms with Crippen molar-refractivity contribution < 1.29 is 28.7 Å². The Bertz CT molecular complexity index is 925. The maximum absolute atomic E-state index is 12.9. The number of rotatable bonds is 5. The van der Waals surface area contributed by atoms with Crippen molar-refractivity contribution in [1.82, 2.24) is 19.9 Å². The molecule has 0 N–H and O–H groups in total. The third-order valence-corrected chi connectivity index (χ3v) is 4.32. The highest BCUT2D eigenvalue weighted by atomic mass is 16.5. The average Bonchev–Trinajstić information content (AvgIpc) is 3.42. The Labute approximate surface area is 165 Å². The first-order valence-electron chi connectivity index (χ1n) is 8.72. The number of nitrogens with zero attached hydrogens (tertiary/aromatic N) is 4. The quantitative estimate of drug-likeness (QED) is 0.527. The largest absolute Gasteiger partial charge is 0.466 e. The first-order valence-corrected chi connectivity index (χ1v) is 8.72. The van der Waals surface area contributed by atoms with Gasteiger partial charge in [-0.1, -0.05) is 23.4 Å². The molecule has 0 spiro atoms. The van der Waals surface area contributed by atoms with Crippen molar-refractivity contribution >= 4 is 23.8 Å². The highest BCUT2D eigenvalue weighted by molar-refractivity contribution is 5.98. The third kappa shape index (κ3) is 4.72. The summed E-state index contributed by atoms with van der Waals surface area (Å²) in [7, 11) is 1.18. The zero-order valence-electron chi connectivity index (χ0n) is 15.5. The topological polar surface area (TPSA) is 121 Å². The van der Waals surface area contributed by atoms with Crippen LogP contribution in [0.25, 0.3) is 0 Å². The molecular weight excluding hydrogens is 380 g/mol. The molecule has 10 heteroatoms. The van der Waals surface area contributed by atoms with Gasteiger partial charge in [0.1, 0.15) is 12.1 Å². The molecule has 0 aliphatic carbocycles. The number of hydrogen-bond acceptors (Lipinski definition) is 8. The van der Waals surface area contributed by atoms with Gasteiger partial charge in [0.05, 0.1) is 26.0 Å². The molecule has 0 radical (unpaired) electrons. The highest BCUT2D eigenvalue weighted by Gasteiger charge is 2.42. The van der Waals surface area contributed by atoms with Crippen molar-refractivity contribution in [2.75, 3.05) is 13.7 Å². The van der Waals surface area contributed by atoms with Crippen LogP contribution in [0.2, 0.25) is 0 Å². The van der Waals surface area contributed by atoms with Crippen LogP contribution in [0.4, 0.5) is 0 Å². The number of esters is 2. The maximum atomic E-state index is 12.9. The van der Waals surface area contributed by atoms with E-state index in [1.807, 2.05) is 0 Å². The van der Waals surface area contributed by atoms with Gasteiger partial charge in [-0.15, -0.1) is 5.10 Å². The molecule has 1 aromatic carbocycles. The van der Waals surface area contributed by atoms with Gasteiger partial charge in [0.15, 0.2) is 0 Å². The first kappa shape index (κ1) is 19.9. The van der Waals surface area contributed by atoms with E-state index in [-0.39, 0.29) is 18.9 Å². The van der Waals surface area contributed by atoms with Crippen LogP contribution in [-0.4, -0.2) is 69.4 Å². The van der Waals surface area contributed by atoms with Gasteiger partial charge in [-0.2, -0.15) is 4.68 Å². The summed E-state index contributed by atoms with van der Waals surface area (Å²) in [6.45, 7) is 0.0244. The summed E-state index contributed by atoms with van der Waals surface area (Å²) in [5.74, 6) is -2.31. The summed E-state index contributed by atoms with van der Waals surface area (Å²) < 4.78 is 10.7. The van der Waals surface area contributed by atoms with E-state index in [9.17, 15) is 19.2 Å². The summed E-state index contributed by atoms with van der Waals surface area (Å²) in [6.07, 6.45) is 3.96. The first-order chi connectivity index (χ1) is 14.0. The number of hydrogen-bond donors (Lipinski definition) is 0. The molecule has 10 nitrogen and oxygen atoms in total. The van der Waals surface area contributed by atoms with Crippen LogP contribution in [0.1, 0.15) is 21.6 Å². The van der Waals surface area contributed by atoms with Crippen LogP contribution < -0.4 is 0 Å². The smallest absolute Gasteiger partial charge is 0.331 e. The molecule has 0 saturated carbocycles. The molecule has 150 valence electrons. The molecule has 2 atom stereocenters. The lowest BCUT2D eigenvalue weighted by Gasteiger charge is -2.22. The summed E-state index contributed by atoms with van der Waals surface area (Å²) in [4.78, 5) is 50.1. The maximum Gasteiger partial charge on any atom is 0.331 e. The van der Waals surface area contributed by atoms with E-state index in [0.29, 0.717) is 5.56 Å². The fraction of sp³-hybridized carbons (Fsp3) is 0.263. The van der Waals surface area contributed by atoms with Gasteiger partial charge in [-0.25, -0.2) is 9.59 Å². The minimum Gasteiger partial charge on any atom is -0.466 e. The Morgan fingerprint density at radius 1 is 1.10 bits per heavy atom. The van der Waals surface area contributed by atoms with E-state index >= 15 is 0 Å². The number of likely N-dealkylation sites (tertiary alicyclic amines) is 1. The van der Waals surface area contributed by atoms with Crippen molar-refractivity contribution in [2.45, 2.75) is 18.6 Å². The van der Waals surface area contributed by atoms with Crippen LogP contribution in [0, 0.1) is 0 Å². The van der Waals surface area contributed by atoms with E-state index in [0.717, 1.165) is 16.8 Å². The van der Waals surface area contributed by atoms with Crippen molar-refractivity contribution in [3.05, 3.63) is 60.4 Å². The van der Waals surface area contributed by atoms with Gasteiger partial charge < -0.3 is 14.4 Å². The van der Waals surface area contributed by atoms with E-state index in [2.05, 4.69) is 15.0 Å². The second-order valence-electron chi connectivity index (χ2n) is 6.18. The standard InChI is InChI=1S/C19H18N4O6/c1-28-16(24)7-8-17(25)29-14-11-15(19(27)23-10-9-20-21-23)22(12-14)18(26)13-5-3-2-4-6-13/h2-10,14-15H,11-12H2,1H3/b8-7+/t14-,15+/m1/s1. The number of carbonyl (C=O) groups excluding carboxylic acids is 4. The van der Waals surface area contributed by atoms with E-state index in [1.54, 1.807) is 30.3 Å². The number of amides is 1. The zero-order chi connectivity index (χ0) is 20.8. The highest BCUT2D eigenvalue weighted by Crippen LogP contribution is 2.24. The molecule has 1 amide bonds. The van der Waals surface area contributed by atoms with Crippen molar-refractivity contribution in [3.8, 4) is 0 Å². The molecule has 1 fully saturated rings. The minimum atomic E-state index is -0.883.